The molecule has 152 valence electrons. The zero-order valence-electron chi connectivity index (χ0n) is 16.3. The van der Waals surface area contributed by atoms with E-state index >= 15 is 0 Å². The van der Waals surface area contributed by atoms with Crippen LogP contribution in [0.2, 0.25) is 0 Å². The number of halogens is 2. The third-order valence-corrected chi connectivity index (χ3v) is 5.77. The molecule has 0 bridgehead atoms. The molecule has 0 saturated carbocycles. The molecule has 29 heavy (non-hydrogen) atoms. The number of fused-ring (bicyclic) bond motifs is 1. The monoisotopic (exact) mass is 400 g/mol. The van der Waals surface area contributed by atoms with Gasteiger partial charge in [0.2, 0.25) is 0 Å². The Morgan fingerprint density at radius 3 is 2.62 bits per heavy atom. The summed E-state index contributed by atoms with van der Waals surface area (Å²) in [6, 6.07) is 7.12. The minimum Gasteiger partial charge on any atom is -0.338 e. The maximum absolute atomic E-state index is 14.0. The first-order valence-corrected chi connectivity index (χ1v) is 9.49. The molecule has 0 N–H and O–H groups in total. The minimum atomic E-state index is -0.652. The average Bonchev–Trinajstić information content (AvgIpc) is 3.25. The van der Waals surface area contributed by atoms with Crippen LogP contribution in [0.4, 0.5) is 13.6 Å². The van der Waals surface area contributed by atoms with E-state index in [2.05, 4.69) is 4.98 Å². The zero-order valence-corrected chi connectivity index (χ0v) is 16.3. The van der Waals surface area contributed by atoms with Gasteiger partial charge in [-0.05, 0) is 23.8 Å². The maximum Gasteiger partial charge on any atom is 0.320 e. The number of nitrogens with zero attached hydrogens (tertiary/aromatic N) is 4. The van der Waals surface area contributed by atoms with Crippen LogP contribution in [-0.2, 0) is 0 Å². The van der Waals surface area contributed by atoms with E-state index in [9.17, 15) is 18.4 Å². The van der Waals surface area contributed by atoms with Crippen LogP contribution in [0.3, 0.4) is 0 Å². The lowest BCUT2D eigenvalue weighted by Crippen LogP contribution is -2.42. The molecule has 0 spiro atoms. The Labute approximate surface area is 167 Å². The predicted octanol–water partition coefficient (Wildman–Crippen LogP) is 2.79. The van der Waals surface area contributed by atoms with Crippen LogP contribution in [0.25, 0.3) is 0 Å². The Kier molecular flexibility index (Phi) is 4.94. The van der Waals surface area contributed by atoms with Gasteiger partial charge in [0, 0.05) is 51.8 Å². The molecule has 3 atom stereocenters. The van der Waals surface area contributed by atoms with E-state index < -0.39 is 5.82 Å². The summed E-state index contributed by atoms with van der Waals surface area (Å²) in [4.78, 5) is 34.1. The van der Waals surface area contributed by atoms with Gasteiger partial charge in [-0.2, -0.15) is 0 Å². The smallest absolute Gasteiger partial charge is 0.320 e. The van der Waals surface area contributed by atoms with E-state index in [-0.39, 0.29) is 41.2 Å². The molecular weight excluding hydrogens is 378 g/mol. The van der Waals surface area contributed by atoms with Crippen molar-refractivity contribution in [2.24, 2.45) is 11.8 Å². The summed E-state index contributed by atoms with van der Waals surface area (Å²) < 4.78 is 27.9. The lowest BCUT2D eigenvalue weighted by Gasteiger charge is -2.32. The van der Waals surface area contributed by atoms with Crippen molar-refractivity contribution in [2.75, 3.05) is 33.7 Å². The highest BCUT2D eigenvalue weighted by Gasteiger charge is 2.50. The largest absolute Gasteiger partial charge is 0.338 e. The first-order valence-electron chi connectivity index (χ1n) is 9.49. The molecule has 2 aliphatic rings. The fraction of sp³-hybridized carbons (Fsp3) is 0.381. The molecule has 0 radical (unpaired) electrons. The molecule has 0 aliphatic carbocycles. The fourth-order valence-corrected chi connectivity index (χ4v) is 4.50. The lowest BCUT2D eigenvalue weighted by molar-refractivity contribution is 0.0761. The fourth-order valence-electron chi connectivity index (χ4n) is 4.50. The SMILES string of the molecule is CN(C)C(=O)N1C[C@H]2CN(C(=O)c3ccncc3F)C[C@H]2[C@H]1c1cccc(F)c1. The highest BCUT2D eigenvalue weighted by atomic mass is 19.1. The number of likely N-dealkylation sites (tertiary alicyclic amines) is 2. The van der Waals surface area contributed by atoms with Crippen LogP contribution in [-0.4, -0.2) is 65.4 Å². The summed E-state index contributed by atoms with van der Waals surface area (Å²) in [5, 5.41) is 0. The molecule has 1 aromatic heterocycles. The minimum absolute atomic E-state index is 0.0106. The summed E-state index contributed by atoms with van der Waals surface area (Å²) in [7, 11) is 3.36. The number of aromatic nitrogens is 1. The van der Waals surface area contributed by atoms with E-state index in [1.165, 1.54) is 29.3 Å². The van der Waals surface area contributed by atoms with E-state index in [0.717, 1.165) is 6.20 Å². The second-order valence-electron chi connectivity index (χ2n) is 7.82. The van der Waals surface area contributed by atoms with Gasteiger partial charge in [0.1, 0.15) is 5.82 Å². The van der Waals surface area contributed by atoms with Crippen molar-refractivity contribution in [1.82, 2.24) is 19.7 Å². The Morgan fingerprint density at radius 1 is 1.14 bits per heavy atom. The first-order chi connectivity index (χ1) is 13.9. The van der Waals surface area contributed by atoms with Crippen molar-refractivity contribution >= 4 is 11.9 Å². The first kappa shape index (κ1) is 19.3. The number of urea groups is 1. The number of hydrogen-bond acceptors (Lipinski definition) is 3. The molecular formula is C21H22F2N4O2. The summed E-state index contributed by atoms with van der Waals surface area (Å²) in [6.07, 6.45) is 2.41. The maximum atomic E-state index is 14.0. The third kappa shape index (κ3) is 3.43. The van der Waals surface area contributed by atoms with E-state index in [4.69, 9.17) is 0 Å². The standard InChI is InChI=1S/C21H22F2N4O2/c1-25(2)21(29)27-11-14-10-26(20(28)16-6-7-24-9-18(16)23)12-17(14)19(27)13-4-3-5-15(22)8-13/h3-9,14,17,19H,10-12H2,1-2H3/t14-,17-,19-/m1/s1. The van der Waals surface area contributed by atoms with Gasteiger partial charge in [-0.1, -0.05) is 12.1 Å². The molecule has 2 saturated heterocycles. The topological polar surface area (TPSA) is 56.8 Å². The molecule has 3 amide bonds. The summed E-state index contributed by atoms with van der Waals surface area (Å²) in [5.41, 5.74) is 0.695. The molecule has 8 heteroatoms. The van der Waals surface area contributed by atoms with Gasteiger partial charge in [-0.25, -0.2) is 13.6 Å². The molecule has 2 aromatic rings. The van der Waals surface area contributed by atoms with Crippen LogP contribution in [0, 0.1) is 23.5 Å². The molecule has 0 unspecified atom stereocenters. The van der Waals surface area contributed by atoms with Gasteiger partial charge in [0.05, 0.1) is 17.8 Å². The Morgan fingerprint density at radius 2 is 1.93 bits per heavy atom. The van der Waals surface area contributed by atoms with Crippen LogP contribution >= 0.6 is 0 Å². The van der Waals surface area contributed by atoms with Gasteiger partial charge in [0.25, 0.3) is 5.91 Å². The predicted molar refractivity (Wildman–Crippen MR) is 102 cm³/mol. The number of carbonyl (C=O) groups is 2. The third-order valence-electron chi connectivity index (χ3n) is 5.77. The number of carbonyl (C=O) groups excluding carboxylic acids is 2. The summed E-state index contributed by atoms with van der Waals surface area (Å²) in [6.45, 7) is 1.27. The van der Waals surface area contributed by atoms with Crippen molar-refractivity contribution in [3.8, 4) is 0 Å². The van der Waals surface area contributed by atoms with Crippen LogP contribution in [0.15, 0.2) is 42.7 Å². The van der Waals surface area contributed by atoms with Crippen LogP contribution < -0.4 is 0 Å². The lowest BCUT2D eigenvalue weighted by atomic mass is 9.89. The number of pyridine rings is 1. The summed E-state index contributed by atoms with van der Waals surface area (Å²) in [5.74, 6) is -1.41. The highest BCUT2D eigenvalue weighted by molar-refractivity contribution is 5.94. The molecule has 3 heterocycles. The average molecular weight is 400 g/mol. The van der Waals surface area contributed by atoms with E-state index in [1.54, 1.807) is 36.0 Å². The number of rotatable bonds is 2. The Bertz CT molecular complexity index is 952. The van der Waals surface area contributed by atoms with Gasteiger partial charge >= 0.3 is 6.03 Å². The van der Waals surface area contributed by atoms with Crippen molar-refractivity contribution in [1.29, 1.82) is 0 Å². The molecule has 6 nitrogen and oxygen atoms in total. The Balaban J connectivity index is 1.63. The molecule has 4 rings (SSSR count). The molecule has 1 aromatic carbocycles. The van der Waals surface area contributed by atoms with Crippen LogP contribution in [0.1, 0.15) is 22.0 Å². The second-order valence-corrected chi connectivity index (χ2v) is 7.82. The van der Waals surface area contributed by atoms with Gasteiger partial charge in [-0.15, -0.1) is 0 Å². The van der Waals surface area contributed by atoms with Crippen LogP contribution in [0.5, 0.6) is 0 Å². The van der Waals surface area contributed by atoms with Gasteiger partial charge < -0.3 is 14.7 Å². The zero-order chi connectivity index (χ0) is 20.7. The van der Waals surface area contributed by atoms with Gasteiger partial charge in [0.15, 0.2) is 5.82 Å². The normalized spacial score (nSPS) is 23.2. The second kappa shape index (κ2) is 7.42. The number of benzene rings is 1. The highest BCUT2D eigenvalue weighted by Crippen LogP contribution is 2.45. The van der Waals surface area contributed by atoms with Crippen molar-refractivity contribution in [2.45, 2.75) is 6.04 Å². The van der Waals surface area contributed by atoms with Crippen molar-refractivity contribution < 1.29 is 18.4 Å². The van der Waals surface area contributed by atoms with Crippen molar-refractivity contribution in [3.05, 3.63) is 65.5 Å². The van der Waals surface area contributed by atoms with Gasteiger partial charge in [-0.3, -0.25) is 9.78 Å². The quantitative estimate of drug-likeness (QED) is 0.779. The van der Waals surface area contributed by atoms with E-state index in [0.29, 0.717) is 25.2 Å². The summed E-state index contributed by atoms with van der Waals surface area (Å²) >= 11 is 0. The number of amides is 3. The van der Waals surface area contributed by atoms with Crippen molar-refractivity contribution in [3.63, 3.8) is 0 Å². The molecule has 2 aliphatic heterocycles. The Hall–Kier alpha value is -3.03. The number of hydrogen-bond donors (Lipinski definition) is 0. The molecule has 2 fully saturated rings. The van der Waals surface area contributed by atoms with E-state index in [1.807, 2.05) is 0 Å².